The Bertz CT molecular complexity index is 869. The normalized spacial score (nSPS) is 10.6. The molecule has 0 fully saturated rings. The molecular formula is C15H12N4O. The van der Waals surface area contributed by atoms with Crippen molar-refractivity contribution in [3.63, 3.8) is 0 Å². The Hall–Kier alpha value is -2.87. The molecule has 5 nitrogen and oxygen atoms in total. The Morgan fingerprint density at radius 1 is 1.35 bits per heavy atom. The summed E-state index contributed by atoms with van der Waals surface area (Å²) in [6.07, 6.45) is 6.01. The summed E-state index contributed by atoms with van der Waals surface area (Å²) in [6.45, 7) is 1.95. The molecule has 0 bridgehead atoms. The molecule has 1 aromatic carbocycles. The van der Waals surface area contributed by atoms with Crippen molar-refractivity contribution < 1.29 is 0 Å². The summed E-state index contributed by atoms with van der Waals surface area (Å²) in [5, 5.41) is 7.03. The van der Waals surface area contributed by atoms with Crippen LogP contribution < -0.4 is 5.56 Å². The lowest BCUT2D eigenvalue weighted by molar-refractivity contribution is 0.830. The van der Waals surface area contributed by atoms with Crippen molar-refractivity contribution in [3.05, 3.63) is 52.2 Å². The van der Waals surface area contributed by atoms with E-state index >= 15 is 0 Å². The number of aryl methyl sites for hydroxylation is 1. The molecule has 0 radical (unpaired) electrons. The van der Waals surface area contributed by atoms with E-state index in [-0.39, 0.29) is 5.56 Å². The minimum Gasteiger partial charge on any atom is -0.268 e. The maximum Gasteiger partial charge on any atom is 0.270 e. The number of hydrogen-bond acceptors (Lipinski definition) is 3. The molecule has 3 rings (SSSR count). The first-order chi connectivity index (χ1) is 9.76. The van der Waals surface area contributed by atoms with E-state index in [0.29, 0.717) is 29.0 Å². The molecule has 0 atom stereocenters. The SMILES string of the molecule is C#Cc1[nH]nc2nc(CC)n(-c3ccccc3)c(=O)c12. The van der Waals surface area contributed by atoms with E-state index in [1.54, 1.807) is 4.57 Å². The van der Waals surface area contributed by atoms with Gasteiger partial charge in [0.1, 0.15) is 16.9 Å². The second-order valence-electron chi connectivity index (χ2n) is 4.30. The van der Waals surface area contributed by atoms with Gasteiger partial charge < -0.3 is 0 Å². The van der Waals surface area contributed by atoms with Crippen LogP contribution in [0.1, 0.15) is 18.4 Å². The van der Waals surface area contributed by atoms with Gasteiger partial charge in [-0.2, -0.15) is 5.10 Å². The lowest BCUT2D eigenvalue weighted by Gasteiger charge is -2.10. The van der Waals surface area contributed by atoms with Gasteiger partial charge in [-0.3, -0.25) is 14.5 Å². The number of terminal acetylenes is 1. The van der Waals surface area contributed by atoms with Crippen molar-refractivity contribution in [2.75, 3.05) is 0 Å². The molecule has 0 saturated heterocycles. The van der Waals surface area contributed by atoms with E-state index in [2.05, 4.69) is 21.1 Å². The van der Waals surface area contributed by atoms with Crippen molar-refractivity contribution in [1.82, 2.24) is 19.7 Å². The molecule has 2 aromatic heterocycles. The molecule has 2 heterocycles. The molecule has 98 valence electrons. The van der Waals surface area contributed by atoms with Crippen molar-refractivity contribution in [3.8, 4) is 18.0 Å². The molecule has 5 heteroatoms. The van der Waals surface area contributed by atoms with E-state index in [0.717, 1.165) is 5.69 Å². The summed E-state index contributed by atoms with van der Waals surface area (Å²) in [7, 11) is 0. The first kappa shape index (κ1) is 12.2. The number of fused-ring (bicyclic) bond motifs is 1. The molecule has 0 amide bonds. The Kier molecular flexibility index (Phi) is 2.84. The first-order valence-electron chi connectivity index (χ1n) is 6.28. The second-order valence-corrected chi connectivity index (χ2v) is 4.30. The summed E-state index contributed by atoms with van der Waals surface area (Å²) in [6, 6.07) is 9.38. The van der Waals surface area contributed by atoms with Gasteiger partial charge in [0.05, 0.1) is 5.69 Å². The van der Waals surface area contributed by atoms with Gasteiger partial charge in [-0.1, -0.05) is 25.1 Å². The van der Waals surface area contributed by atoms with Crippen LogP contribution in [0.15, 0.2) is 35.1 Å². The van der Waals surface area contributed by atoms with Gasteiger partial charge in [0.2, 0.25) is 0 Å². The third kappa shape index (κ3) is 1.70. The van der Waals surface area contributed by atoms with Crippen LogP contribution >= 0.6 is 0 Å². The number of nitrogens with zero attached hydrogens (tertiary/aromatic N) is 3. The van der Waals surface area contributed by atoms with E-state index in [9.17, 15) is 4.79 Å². The van der Waals surface area contributed by atoms with E-state index in [1.807, 2.05) is 37.3 Å². The third-order valence-corrected chi connectivity index (χ3v) is 3.13. The Morgan fingerprint density at radius 3 is 2.75 bits per heavy atom. The number of aromatic nitrogens is 4. The average molecular weight is 264 g/mol. The van der Waals surface area contributed by atoms with Crippen LogP contribution in [0.25, 0.3) is 16.7 Å². The summed E-state index contributed by atoms with van der Waals surface area (Å²) >= 11 is 0. The first-order valence-corrected chi connectivity index (χ1v) is 6.28. The monoisotopic (exact) mass is 264 g/mol. The van der Waals surface area contributed by atoms with Gasteiger partial charge in [0.25, 0.3) is 5.56 Å². The van der Waals surface area contributed by atoms with Crippen LogP contribution in [0.3, 0.4) is 0 Å². The Labute approximate surface area is 115 Å². The van der Waals surface area contributed by atoms with E-state index < -0.39 is 0 Å². The van der Waals surface area contributed by atoms with Crippen LogP contribution in [0.5, 0.6) is 0 Å². The molecule has 0 spiro atoms. The van der Waals surface area contributed by atoms with Crippen molar-refractivity contribution in [2.45, 2.75) is 13.3 Å². The van der Waals surface area contributed by atoms with Gasteiger partial charge in [0, 0.05) is 6.42 Å². The Morgan fingerprint density at radius 2 is 2.10 bits per heavy atom. The highest BCUT2D eigenvalue weighted by Crippen LogP contribution is 2.13. The fourth-order valence-corrected chi connectivity index (χ4v) is 2.20. The molecular weight excluding hydrogens is 252 g/mol. The number of rotatable bonds is 2. The second kappa shape index (κ2) is 4.67. The molecule has 0 aliphatic heterocycles. The van der Waals surface area contributed by atoms with Gasteiger partial charge >= 0.3 is 0 Å². The number of nitrogens with one attached hydrogen (secondary N) is 1. The molecule has 0 aliphatic carbocycles. The highest BCUT2D eigenvalue weighted by Gasteiger charge is 2.16. The summed E-state index contributed by atoms with van der Waals surface area (Å²) < 4.78 is 1.58. The van der Waals surface area contributed by atoms with Crippen LogP contribution in [-0.2, 0) is 6.42 Å². The number of para-hydroxylation sites is 1. The highest BCUT2D eigenvalue weighted by molar-refractivity contribution is 5.80. The molecule has 3 aromatic rings. The smallest absolute Gasteiger partial charge is 0.268 e. The zero-order chi connectivity index (χ0) is 14.1. The van der Waals surface area contributed by atoms with E-state index in [4.69, 9.17) is 6.42 Å². The quantitative estimate of drug-likeness (QED) is 0.716. The number of aromatic amines is 1. The predicted octanol–water partition coefficient (Wildman–Crippen LogP) is 1.65. The standard InChI is InChI=1S/C15H12N4O/c1-3-11-13-14(18-17-11)16-12(4-2)19(15(13)20)10-8-6-5-7-9-10/h1,5-9H,4H2,2H3,(H,17,18). The maximum atomic E-state index is 12.7. The molecule has 0 saturated carbocycles. The summed E-state index contributed by atoms with van der Waals surface area (Å²) in [5.41, 5.74) is 1.31. The van der Waals surface area contributed by atoms with Gasteiger partial charge in [-0.05, 0) is 18.1 Å². The number of H-pyrrole nitrogens is 1. The lowest BCUT2D eigenvalue weighted by Crippen LogP contribution is -2.23. The number of hydrogen-bond donors (Lipinski definition) is 1. The predicted molar refractivity (Wildman–Crippen MR) is 76.8 cm³/mol. The summed E-state index contributed by atoms with van der Waals surface area (Å²) in [5.74, 6) is 3.09. The maximum absolute atomic E-state index is 12.7. The Balaban J connectivity index is 2.44. The van der Waals surface area contributed by atoms with E-state index in [1.165, 1.54) is 0 Å². The largest absolute Gasteiger partial charge is 0.270 e. The van der Waals surface area contributed by atoms with Crippen molar-refractivity contribution >= 4 is 11.0 Å². The summed E-state index contributed by atoms with van der Waals surface area (Å²) in [4.78, 5) is 17.1. The fraction of sp³-hybridized carbons (Fsp3) is 0.133. The third-order valence-electron chi connectivity index (χ3n) is 3.13. The lowest BCUT2D eigenvalue weighted by atomic mass is 10.2. The molecule has 0 unspecified atom stereocenters. The highest BCUT2D eigenvalue weighted by atomic mass is 16.1. The van der Waals surface area contributed by atoms with Gasteiger partial charge in [0.15, 0.2) is 5.65 Å². The zero-order valence-electron chi connectivity index (χ0n) is 10.9. The molecule has 0 aliphatic rings. The van der Waals surface area contributed by atoms with Crippen LogP contribution in [-0.4, -0.2) is 19.7 Å². The van der Waals surface area contributed by atoms with Gasteiger partial charge in [-0.25, -0.2) is 4.98 Å². The zero-order valence-corrected chi connectivity index (χ0v) is 10.9. The van der Waals surface area contributed by atoms with Gasteiger partial charge in [-0.15, -0.1) is 6.42 Å². The number of benzene rings is 1. The van der Waals surface area contributed by atoms with Crippen LogP contribution in [0.4, 0.5) is 0 Å². The topological polar surface area (TPSA) is 63.6 Å². The minimum absolute atomic E-state index is 0.195. The van der Waals surface area contributed by atoms with Crippen LogP contribution in [0, 0.1) is 12.3 Å². The average Bonchev–Trinajstić information content (AvgIpc) is 2.91. The minimum atomic E-state index is -0.195. The molecule has 1 N–H and O–H groups in total. The van der Waals surface area contributed by atoms with Crippen LogP contribution in [0.2, 0.25) is 0 Å². The fourth-order valence-electron chi connectivity index (χ4n) is 2.20. The van der Waals surface area contributed by atoms with Crippen molar-refractivity contribution in [2.24, 2.45) is 0 Å². The van der Waals surface area contributed by atoms with Crippen molar-refractivity contribution in [1.29, 1.82) is 0 Å². The molecule has 20 heavy (non-hydrogen) atoms.